The zero-order valence-corrected chi connectivity index (χ0v) is 19.5. The van der Waals surface area contributed by atoms with Crippen molar-refractivity contribution in [3.8, 4) is 0 Å². The van der Waals surface area contributed by atoms with E-state index in [1.165, 1.54) is 16.4 Å². The molecule has 0 unspecified atom stereocenters. The van der Waals surface area contributed by atoms with Crippen molar-refractivity contribution in [2.24, 2.45) is 0 Å². The van der Waals surface area contributed by atoms with Crippen LogP contribution in [0.3, 0.4) is 0 Å². The van der Waals surface area contributed by atoms with Crippen LogP contribution < -0.4 is 15.5 Å². The minimum atomic E-state index is -3.53. The number of carbonyl (C=O) groups is 2. The first-order valence-electron chi connectivity index (χ1n) is 10.8. The van der Waals surface area contributed by atoms with E-state index in [1.807, 2.05) is 25.1 Å². The first-order valence-corrected chi connectivity index (χ1v) is 12.3. The summed E-state index contributed by atoms with van der Waals surface area (Å²) in [5.74, 6) is -0.138. The molecule has 2 N–H and O–H groups in total. The van der Waals surface area contributed by atoms with Gasteiger partial charge in [0.25, 0.3) is 0 Å². The lowest BCUT2D eigenvalue weighted by Crippen LogP contribution is -2.30. The summed E-state index contributed by atoms with van der Waals surface area (Å²) >= 11 is 0. The molecule has 0 spiro atoms. The molecule has 8 nitrogen and oxygen atoms in total. The first kappa shape index (κ1) is 23.7. The van der Waals surface area contributed by atoms with Gasteiger partial charge < -0.3 is 15.5 Å². The van der Waals surface area contributed by atoms with Crippen molar-refractivity contribution in [3.05, 3.63) is 48.0 Å². The summed E-state index contributed by atoms with van der Waals surface area (Å²) < 4.78 is 26.5. The van der Waals surface area contributed by atoms with Crippen LogP contribution in [-0.2, 0) is 19.6 Å². The van der Waals surface area contributed by atoms with Crippen molar-refractivity contribution in [1.82, 2.24) is 4.31 Å². The Hall–Kier alpha value is -2.91. The van der Waals surface area contributed by atoms with E-state index < -0.39 is 10.0 Å². The highest BCUT2D eigenvalue weighted by Gasteiger charge is 2.24. The van der Waals surface area contributed by atoms with E-state index in [-0.39, 0.29) is 23.3 Å². The highest BCUT2D eigenvalue weighted by Crippen LogP contribution is 2.29. The Balaban J connectivity index is 1.62. The van der Waals surface area contributed by atoms with Gasteiger partial charge in [0.2, 0.25) is 21.8 Å². The van der Waals surface area contributed by atoms with Gasteiger partial charge in [-0.3, -0.25) is 9.59 Å². The molecule has 0 bridgehead atoms. The molecule has 0 atom stereocenters. The summed E-state index contributed by atoms with van der Waals surface area (Å²) in [6.07, 6.45) is 1.42. The number of hydrogen-bond donors (Lipinski definition) is 2. The van der Waals surface area contributed by atoms with Crippen LogP contribution >= 0.6 is 0 Å². The second-order valence-corrected chi connectivity index (χ2v) is 9.55. The largest absolute Gasteiger partial charge is 0.376 e. The molecule has 32 heavy (non-hydrogen) atoms. The van der Waals surface area contributed by atoms with E-state index in [9.17, 15) is 18.0 Å². The Morgan fingerprint density at radius 1 is 1.09 bits per heavy atom. The average molecular weight is 459 g/mol. The van der Waals surface area contributed by atoms with Crippen molar-refractivity contribution in [3.63, 3.8) is 0 Å². The summed E-state index contributed by atoms with van der Waals surface area (Å²) in [6.45, 7) is 7.06. The lowest BCUT2D eigenvalue weighted by Gasteiger charge is -2.20. The Morgan fingerprint density at radius 2 is 1.78 bits per heavy atom. The molecule has 3 rings (SSSR count). The second kappa shape index (κ2) is 10.1. The fourth-order valence-electron chi connectivity index (χ4n) is 3.81. The van der Waals surface area contributed by atoms with Crippen molar-refractivity contribution < 1.29 is 18.0 Å². The van der Waals surface area contributed by atoms with Crippen LogP contribution in [0.5, 0.6) is 0 Å². The fraction of sp³-hybridized carbons (Fsp3) is 0.391. The molecule has 2 aromatic carbocycles. The molecule has 1 aliphatic rings. The molecule has 1 saturated heterocycles. The van der Waals surface area contributed by atoms with Crippen molar-refractivity contribution in [1.29, 1.82) is 0 Å². The van der Waals surface area contributed by atoms with Crippen LogP contribution in [0.2, 0.25) is 0 Å². The number of carbonyl (C=O) groups excluding carboxylic acids is 2. The molecule has 0 aliphatic carbocycles. The summed E-state index contributed by atoms with van der Waals surface area (Å²) in [5, 5.41) is 5.89. The van der Waals surface area contributed by atoms with Gasteiger partial charge in [-0.2, -0.15) is 4.31 Å². The maximum atomic E-state index is 12.6. The number of sulfonamides is 1. The van der Waals surface area contributed by atoms with E-state index in [0.717, 1.165) is 23.4 Å². The van der Waals surface area contributed by atoms with E-state index in [1.54, 1.807) is 30.9 Å². The normalized spacial score (nSPS) is 14.1. The van der Waals surface area contributed by atoms with Crippen molar-refractivity contribution >= 4 is 38.9 Å². The van der Waals surface area contributed by atoms with E-state index in [0.29, 0.717) is 31.7 Å². The summed E-state index contributed by atoms with van der Waals surface area (Å²) in [4.78, 5) is 26.5. The molecule has 1 fully saturated rings. The molecule has 1 heterocycles. The Bertz CT molecular complexity index is 1080. The number of benzene rings is 2. The number of anilines is 3. The quantitative estimate of drug-likeness (QED) is 0.601. The van der Waals surface area contributed by atoms with Gasteiger partial charge in [-0.25, -0.2) is 8.42 Å². The van der Waals surface area contributed by atoms with Gasteiger partial charge in [-0.05, 0) is 55.3 Å². The van der Waals surface area contributed by atoms with E-state index in [2.05, 4.69) is 10.6 Å². The first-order chi connectivity index (χ1) is 15.3. The molecule has 1 aliphatic heterocycles. The topological polar surface area (TPSA) is 98.8 Å². The minimum absolute atomic E-state index is 0.0394. The van der Waals surface area contributed by atoms with Gasteiger partial charge in [-0.1, -0.05) is 19.9 Å². The molecule has 0 radical (unpaired) electrons. The number of nitrogens with one attached hydrogen (secondary N) is 2. The maximum Gasteiger partial charge on any atom is 0.243 e. The van der Waals surface area contributed by atoms with Crippen LogP contribution in [0.15, 0.2) is 47.4 Å². The van der Waals surface area contributed by atoms with Gasteiger partial charge in [0.05, 0.1) is 11.4 Å². The number of hydrogen-bond acceptors (Lipinski definition) is 5. The van der Waals surface area contributed by atoms with Gasteiger partial charge in [-0.15, -0.1) is 0 Å². The maximum absolute atomic E-state index is 12.6. The predicted molar refractivity (Wildman–Crippen MR) is 126 cm³/mol. The van der Waals surface area contributed by atoms with E-state index in [4.69, 9.17) is 0 Å². The number of rotatable bonds is 9. The average Bonchev–Trinajstić information content (AvgIpc) is 3.19. The zero-order valence-electron chi connectivity index (χ0n) is 18.7. The third kappa shape index (κ3) is 5.11. The lowest BCUT2D eigenvalue weighted by molar-refractivity contribution is -0.117. The van der Waals surface area contributed by atoms with Crippen molar-refractivity contribution in [2.45, 2.75) is 38.5 Å². The highest BCUT2D eigenvalue weighted by molar-refractivity contribution is 7.89. The number of amides is 2. The van der Waals surface area contributed by atoms with Gasteiger partial charge in [0.15, 0.2) is 0 Å². The minimum Gasteiger partial charge on any atom is -0.376 e. The third-order valence-corrected chi connectivity index (χ3v) is 7.65. The van der Waals surface area contributed by atoms with Crippen molar-refractivity contribution in [2.75, 3.05) is 41.7 Å². The smallest absolute Gasteiger partial charge is 0.243 e. The van der Waals surface area contributed by atoms with Gasteiger partial charge in [0.1, 0.15) is 0 Å². The molecule has 9 heteroatoms. The van der Waals surface area contributed by atoms with Crippen LogP contribution in [0.25, 0.3) is 0 Å². The highest BCUT2D eigenvalue weighted by atomic mass is 32.2. The monoisotopic (exact) mass is 458 g/mol. The van der Waals surface area contributed by atoms with Crippen LogP contribution in [0.1, 0.15) is 32.3 Å². The van der Waals surface area contributed by atoms with Crippen LogP contribution in [-0.4, -0.2) is 50.7 Å². The SMILES string of the molecule is CCN(CC)S(=O)(=O)c1ccc(NC(=O)CNc2cccc(N3CCCC3=O)c2C)cc1. The molecule has 2 aromatic rings. The third-order valence-electron chi connectivity index (χ3n) is 5.59. The van der Waals surface area contributed by atoms with Crippen LogP contribution in [0.4, 0.5) is 17.1 Å². The molecule has 0 aromatic heterocycles. The van der Waals surface area contributed by atoms with Gasteiger partial charge in [0, 0.05) is 43.1 Å². The summed E-state index contributed by atoms with van der Waals surface area (Å²) in [5.41, 5.74) is 3.09. The Labute approximate surface area is 189 Å². The Kier molecular flexibility index (Phi) is 7.52. The predicted octanol–water partition coefficient (Wildman–Crippen LogP) is 3.20. The second-order valence-electron chi connectivity index (χ2n) is 7.61. The molecular formula is C23H30N4O4S. The summed E-state index contributed by atoms with van der Waals surface area (Å²) in [7, 11) is -3.53. The zero-order chi connectivity index (χ0) is 23.3. The molecular weight excluding hydrogens is 428 g/mol. The molecule has 0 saturated carbocycles. The standard InChI is InChI=1S/C23H30N4O4S/c1-4-26(5-2)32(30,31)19-13-11-18(12-14-19)25-22(28)16-24-20-8-6-9-21(17(20)3)27-15-7-10-23(27)29/h6,8-9,11-14,24H,4-5,7,10,15-16H2,1-3H3,(H,25,28). The molecule has 172 valence electrons. The number of nitrogens with zero attached hydrogens (tertiary/aromatic N) is 2. The fourth-order valence-corrected chi connectivity index (χ4v) is 5.27. The summed E-state index contributed by atoms with van der Waals surface area (Å²) in [6, 6.07) is 11.8. The van der Waals surface area contributed by atoms with Crippen LogP contribution in [0, 0.1) is 6.92 Å². The molecule has 2 amide bonds. The van der Waals surface area contributed by atoms with E-state index >= 15 is 0 Å². The van der Waals surface area contributed by atoms with Gasteiger partial charge >= 0.3 is 0 Å². The Morgan fingerprint density at radius 3 is 2.38 bits per heavy atom. The lowest BCUT2D eigenvalue weighted by atomic mass is 10.1.